The summed E-state index contributed by atoms with van der Waals surface area (Å²) in [6.07, 6.45) is -0.213. The second kappa shape index (κ2) is 11.6. The number of carbonyl (C=O) groups excluding carboxylic acids is 1. The Balaban J connectivity index is 1.37. The Morgan fingerprint density at radius 2 is 1.52 bits per heavy atom. The molecule has 0 bridgehead atoms. The maximum Gasteiger partial charge on any atom is 0.534 e. The smallest absolute Gasteiger partial charge is 0.388 e. The minimum absolute atomic E-state index is 0.0997. The van der Waals surface area contributed by atoms with E-state index in [1.54, 1.807) is 35.2 Å². The van der Waals surface area contributed by atoms with Gasteiger partial charge in [0.2, 0.25) is 5.91 Å². The molecule has 3 atom stereocenters. The number of nitrogens with zero attached hydrogens (tertiary/aromatic N) is 1. The lowest BCUT2D eigenvalue weighted by Gasteiger charge is -2.48. The molecular weight excluding hydrogens is 574 g/mol. The van der Waals surface area contributed by atoms with Crippen molar-refractivity contribution in [1.82, 2.24) is 0 Å². The molecule has 6 nitrogen and oxygen atoms in total. The van der Waals surface area contributed by atoms with Crippen molar-refractivity contribution < 1.29 is 40.1 Å². The Labute approximate surface area is 239 Å². The average Bonchev–Trinajstić information content (AvgIpc) is 2.96. The van der Waals surface area contributed by atoms with Gasteiger partial charge in [0.15, 0.2) is 0 Å². The van der Waals surface area contributed by atoms with E-state index >= 15 is 0 Å². The number of hydrogen-bond donors (Lipinski definition) is 1. The maximum atomic E-state index is 13.3. The average molecular weight is 600 g/mol. The van der Waals surface area contributed by atoms with Crippen LogP contribution in [0, 0.1) is 11.7 Å². The summed E-state index contributed by atoms with van der Waals surface area (Å²) < 4.78 is 78.6. The molecule has 1 aliphatic heterocycles. The molecule has 4 aromatic rings. The zero-order valence-corrected chi connectivity index (χ0v) is 22.7. The molecule has 0 saturated carbocycles. The van der Waals surface area contributed by atoms with Gasteiger partial charge in [0.1, 0.15) is 11.6 Å². The molecule has 1 fully saturated rings. The molecule has 0 spiro atoms. The minimum Gasteiger partial charge on any atom is -0.388 e. The van der Waals surface area contributed by atoms with Crippen LogP contribution in [0.5, 0.6) is 5.75 Å². The SMILES string of the molecule is O=C1C(CCC(O)c2ccc(F)cc2)C(c2ccc(-c3cccc(OS(=O)(=O)C(F)(F)F)c3)cc2)N1c1ccccc1. The quantitative estimate of drug-likeness (QED) is 0.0976. The number of amides is 1. The Morgan fingerprint density at radius 1 is 0.857 bits per heavy atom. The number of halogens is 4. The summed E-state index contributed by atoms with van der Waals surface area (Å²) >= 11 is 0. The number of benzene rings is 4. The molecule has 0 aromatic heterocycles. The summed E-state index contributed by atoms with van der Waals surface area (Å²) in [5.74, 6) is -1.42. The number of alkyl halides is 3. The molecule has 5 rings (SSSR count). The normalized spacial score (nSPS) is 17.9. The van der Waals surface area contributed by atoms with Crippen molar-refractivity contribution >= 4 is 21.7 Å². The van der Waals surface area contributed by atoms with Crippen molar-refractivity contribution in [3.63, 3.8) is 0 Å². The molecule has 3 unspecified atom stereocenters. The van der Waals surface area contributed by atoms with E-state index in [-0.39, 0.29) is 18.4 Å². The van der Waals surface area contributed by atoms with E-state index in [0.29, 0.717) is 28.8 Å². The molecule has 11 heteroatoms. The largest absolute Gasteiger partial charge is 0.534 e. The first kappa shape index (κ1) is 29.3. The van der Waals surface area contributed by atoms with Gasteiger partial charge in [-0.05, 0) is 71.5 Å². The summed E-state index contributed by atoms with van der Waals surface area (Å²) in [4.78, 5) is 15.0. The highest BCUT2D eigenvalue weighted by molar-refractivity contribution is 7.88. The third-order valence-electron chi connectivity index (χ3n) is 7.16. The van der Waals surface area contributed by atoms with Crippen LogP contribution in [-0.4, -0.2) is 24.9 Å². The number of rotatable bonds is 9. The molecule has 0 radical (unpaired) electrons. The van der Waals surface area contributed by atoms with Crippen LogP contribution in [0.1, 0.15) is 36.1 Å². The summed E-state index contributed by atoms with van der Waals surface area (Å²) in [5, 5.41) is 10.6. The summed E-state index contributed by atoms with van der Waals surface area (Å²) in [7, 11) is -5.81. The number of carbonyl (C=O) groups is 1. The molecule has 1 N–H and O–H groups in total. The van der Waals surface area contributed by atoms with E-state index in [1.165, 1.54) is 36.4 Å². The van der Waals surface area contributed by atoms with Crippen molar-refractivity contribution in [3.05, 3.63) is 120 Å². The molecule has 1 saturated heterocycles. The lowest BCUT2D eigenvalue weighted by Crippen LogP contribution is -2.55. The van der Waals surface area contributed by atoms with Crippen LogP contribution in [0.2, 0.25) is 0 Å². The van der Waals surface area contributed by atoms with Crippen LogP contribution in [0.25, 0.3) is 11.1 Å². The summed E-state index contributed by atoms with van der Waals surface area (Å²) in [6, 6.07) is 26.7. The van der Waals surface area contributed by atoms with Crippen LogP contribution < -0.4 is 9.08 Å². The molecule has 1 aliphatic rings. The highest BCUT2D eigenvalue weighted by Crippen LogP contribution is 2.46. The van der Waals surface area contributed by atoms with Gasteiger partial charge in [-0.3, -0.25) is 4.79 Å². The summed E-state index contributed by atoms with van der Waals surface area (Å²) in [5.41, 5.74) is -2.47. The topological polar surface area (TPSA) is 83.9 Å². The first-order valence-electron chi connectivity index (χ1n) is 13.0. The number of para-hydroxylation sites is 1. The predicted octanol–water partition coefficient (Wildman–Crippen LogP) is 6.94. The lowest BCUT2D eigenvalue weighted by molar-refractivity contribution is -0.131. The van der Waals surface area contributed by atoms with E-state index in [0.717, 1.165) is 11.6 Å². The highest BCUT2D eigenvalue weighted by Gasteiger charge is 2.49. The van der Waals surface area contributed by atoms with Crippen molar-refractivity contribution in [1.29, 1.82) is 0 Å². The number of aliphatic hydroxyl groups is 1. The number of β-lactam (4-membered cyclic amide) rings is 1. The summed E-state index contributed by atoms with van der Waals surface area (Å²) in [6.45, 7) is 0. The predicted molar refractivity (Wildman–Crippen MR) is 148 cm³/mol. The molecule has 218 valence electrons. The first-order chi connectivity index (χ1) is 19.9. The third kappa shape index (κ3) is 6.02. The Morgan fingerprint density at radius 3 is 2.17 bits per heavy atom. The molecular formula is C31H25F4NO5S. The molecule has 4 aromatic carbocycles. The van der Waals surface area contributed by atoms with Gasteiger partial charge in [0.25, 0.3) is 0 Å². The maximum absolute atomic E-state index is 13.3. The van der Waals surface area contributed by atoms with Crippen LogP contribution in [-0.2, 0) is 14.9 Å². The van der Waals surface area contributed by atoms with Crippen molar-refractivity contribution in [3.8, 4) is 16.9 Å². The monoisotopic (exact) mass is 599 g/mol. The van der Waals surface area contributed by atoms with Gasteiger partial charge in [-0.15, -0.1) is 0 Å². The van der Waals surface area contributed by atoms with Crippen molar-refractivity contribution in [2.45, 2.75) is 30.5 Å². The first-order valence-corrected chi connectivity index (χ1v) is 14.4. The fraction of sp³-hybridized carbons (Fsp3) is 0.194. The molecule has 1 amide bonds. The molecule has 0 aliphatic carbocycles. The van der Waals surface area contributed by atoms with E-state index in [4.69, 9.17) is 0 Å². The van der Waals surface area contributed by atoms with Crippen molar-refractivity contribution in [2.24, 2.45) is 5.92 Å². The van der Waals surface area contributed by atoms with Crippen LogP contribution in [0.4, 0.5) is 23.2 Å². The fourth-order valence-electron chi connectivity index (χ4n) is 5.05. The lowest BCUT2D eigenvalue weighted by atomic mass is 9.78. The number of hydrogen-bond acceptors (Lipinski definition) is 5. The van der Waals surface area contributed by atoms with Crippen molar-refractivity contribution in [2.75, 3.05) is 4.90 Å². The third-order valence-corrected chi connectivity index (χ3v) is 8.14. The van der Waals surface area contributed by atoms with Gasteiger partial charge in [-0.1, -0.05) is 66.7 Å². The highest BCUT2D eigenvalue weighted by atomic mass is 32.2. The van der Waals surface area contributed by atoms with E-state index in [9.17, 15) is 35.9 Å². The van der Waals surface area contributed by atoms with Gasteiger partial charge in [-0.2, -0.15) is 21.6 Å². The molecule has 1 heterocycles. The standard InChI is InChI=1S/C31H25F4NO5S/c32-24-15-13-21(14-16-24)28(37)18-17-27-29(36(30(27)38)25-6-2-1-3-7-25)22-11-9-20(10-12-22)23-5-4-8-26(19-23)41-42(39,40)31(33,34)35/h1-16,19,27-29,37H,17-18H2. The van der Waals surface area contributed by atoms with E-state index in [2.05, 4.69) is 4.18 Å². The van der Waals surface area contributed by atoms with Gasteiger partial charge in [0.05, 0.1) is 18.1 Å². The zero-order valence-electron chi connectivity index (χ0n) is 21.9. The molecule has 42 heavy (non-hydrogen) atoms. The number of anilines is 1. The van der Waals surface area contributed by atoms with E-state index < -0.39 is 39.2 Å². The Bertz CT molecular complexity index is 1660. The van der Waals surface area contributed by atoms with Crippen LogP contribution in [0.3, 0.4) is 0 Å². The minimum atomic E-state index is -5.81. The van der Waals surface area contributed by atoms with Gasteiger partial charge >= 0.3 is 15.6 Å². The van der Waals surface area contributed by atoms with Crippen LogP contribution >= 0.6 is 0 Å². The number of aliphatic hydroxyl groups excluding tert-OH is 1. The Hall–Kier alpha value is -4.22. The second-order valence-corrected chi connectivity index (χ2v) is 11.4. The Kier molecular flexibility index (Phi) is 8.07. The second-order valence-electron chi connectivity index (χ2n) is 9.87. The van der Waals surface area contributed by atoms with Gasteiger partial charge < -0.3 is 14.2 Å². The van der Waals surface area contributed by atoms with Crippen LogP contribution in [0.15, 0.2) is 103 Å². The zero-order chi connectivity index (χ0) is 30.1. The van der Waals surface area contributed by atoms with Gasteiger partial charge in [0, 0.05) is 5.69 Å². The van der Waals surface area contributed by atoms with Gasteiger partial charge in [-0.25, -0.2) is 4.39 Å². The fourth-order valence-corrected chi connectivity index (χ4v) is 5.50. The van der Waals surface area contributed by atoms with E-state index in [1.807, 2.05) is 30.3 Å².